The zero-order chi connectivity index (χ0) is 15.6. The molecule has 1 heterocycles. The SMILES string of the molecule is Cc1cc(C(=O)NC(C)(C(=O)O)c2ccccc2)c(C)o1. The number of rotatable bonds is 4. The van der Waals surface area contributed by atoms with Gasteiger partial charge in [0.2, 0.25) is 0 Å². The van der Waals surface area contributed by atoms with Crippen molar-refractivity contribution in [3.8, 4) is 0 Å². The van der Waals surface area contributed by atoms with Gasteiger partial charge in [0, 0.05) is 0 Å². The molecule has 0 radical (unpaired) electrons. The van der Waals surface area contributed by atoms with Crippen molar-refractivity contribution >= 4 is 11.9 Å². The summed E-state index contributed by atoms with van der Waals surface area (Å²) in [5, 5.41) is 12.1. The predicted molar refractivity (Wildman–Crippen MR) is 77.1 cm³/mol. The number of amides is 1. The number of furan rings is 1. The van der Waals surface area contributed by atoms with Crippen LogP contribution in [0.15, 0.2) is 40.8 Å². The van der Waals surface area contributed by atoms with Crippen molar-refractivity contribution in [2.75, 3.05) is 0 Å². The third-order valence-corrected chi connectivity index (χ3v) is 3.43. The smallest absolute Gasteiger partial charge is 0.333 e. The van der Waals surface area contributed by atoms with Gasteiger partial charge in [0.1, 0.15) is 11.5 Å². The summed E-state index contributed by atoms with van der Waals surface area (Å²) in [5.41, 5.74) is -0.657. The van der Waals surface area contributed by atoms with E-state index in [0.29, 0.717) is 22.6 Å². The summed E-state index contributed by atoms with van der Waals surface area (Å²) in [7, 11) is 0. The standard InChI is InChI=1S/C16H17NO4/c1-10-9-13(11(2)21-10)14(18)17-16(3,15(19)20)12-7-5-4-6-8-12/h4-9H,1-3H3,(H,17,18)(H,19,20). The Morgan fingerprint density at radius 3 is 2.29 bits per heavy atom. The molecule has 0 spiro atoms. The lowest BCUT2D eigenvalue weighted by molar-refractivity contribution is -0.144. The molecule has 0 saturated heterocycles. The van der Waals surface area contributed by atoms with Gasteiger partial charge in [0.25, 0.3) is 5.91 Å². The number of carboxylic acid groups (broad SMARTS) is 1. The minimum Gasteiger partial charge on any atom is -0.479 e. The first kappa shape index (κ1) is 14.8. The molecule has 1 aromatic carbocycles. The van der Waals surface area contributed by atoms with Crippen LogP contribution in [0.2, 0.25) is 0 Å². The highest BCUT2D eigenvalue weighted by Gasteiger charge is 2.37. The highest BCUT2D eigenvalue weighted by Crippen LogP contribution is 2.23. The zero-order valence-corrected chi connectivity index (χ0v) is 12.1. The van der Waals surface area contributed by atoms with Gasteiger partial charge in [-0.15, -0.1) is 0 Å². The zero-order valence-electron chi connectivity index (χ0n) is 12.1. The maximum atomic E-state index is 12.3. The Kier molecular flexibility index (Phi) is 3.84. The van der Waals surface area contributed by atoms with Gasteiger partial charge < -0.3 is 14.8 Å². The lowest BCUT2D eigenvalue weighted by Crippen LogP contribution is -2.49. The van der Waals surface area contributed by atoms with E-state index in [-0.39, 0.29) is 0 Å². The van der Waals surface area contributed by atoms with Crippen LogP contribution in [0.25, 0.3) is 0 Å². The molecule has 110 valence electrons. The molecule has 1 aromatic heterocycles. The first-order valence-corrected chi connectivity index (χ1v) is 6.53. The van der Waals surface area contributed by atoms with Gasteiger partial charge in [-0.2, -0.15) is 0 Å². The first-order chi connectivity index (χ1) is 9.84. The van der Waals surface area contributed by atoms with E-state index in [4.69, 9.17) is 4.42 Å². The Balaban J connectivity index is 2.35. The molecule has 0 aliphatic rings. The third kappa shape index (κ3) is 2.81. The summed E-state index contributed by atoms with van der Waals surface area (Å²) < 4.78 is 5.31. The number of carbonyl (C=O) groups is 2. The average Bonchev–Trinajstić information content (AvgIpc) is 2.78. The fourth-order valence-electron chi connectivity index (χ4n) is 2.17. The Morgan fingerprint density at radius 2 is 1.81 bits per heavy atom. The van der Waals surface area contributed by atoms with Crippen molar-refractivity contribution in [2.45, 2.75) is 26.3 Å². The van der Waals surface area contributed by atoms with Crippen molar-refractivity contribution < 1.29 is 19.1 Å². The number of hydrogen-bond acceptors (Lipinski definition) is 3. The van der Waals surface area contributed by atoms with Crippen molar-refractivity contribution in [1.29, 1.82) is 0 Å². The minimum absolute atomic E-state index is 0.343. The molecule has 5 nitrogen and oxygen atoms in total. The van der Waals surface area contributed by atoms with Crippen molar-refractivity contribution in [3.63, 3.8) is 0 Å². The predicted octanol–water partition coefficient (Wildman–Crippen LogP) is 2.63. The van der Waals surface area contributed by atoms with Gasteiger partial charge in [-0.3, -0.25) is 4.79 Å². The molecule has 1 unspecified atom stereocenters. The average molecular weight is 287 g/mol. The molecule has 0 aliphatic heterocycles. The highest BCUT2D eigenvalue weighted by molar-refractivity contribution is 5.98. The van der Waals surface area contributed by atoms with Crippen LogP contribution in [0.1, 0.15) is 34.4 Å². The molecular weight excluding hydrogens is 270 g/mol. The summed E-state index contributed by atoms with van der Waals surface area (Å²) in [6.07, 6.45) is 0. The molecule has 1 atom stereocenters. The van der Waals surface area contributed by atoms with E-state index in [1.807, 2.05) is 0 Å². The fraction of sp³-hybridized carbons (Fsp3) is 0.250. The highest BCUT2D eigenvalue weighted by atomic mass is 16.4. The quantitative estimate of drug-likeness (QED) is 0.906. The normalized spacial score (nSPS) is 13.5. The number of nitrogens with one attached hydrogen (secondary N) is 1. The van der Waals surface area contributed by atoms with Crippen molar-refractivity contribution in [2.24, 2.45) is 0 Å². The van der Waals surface area contributed by atoms with Crippen LogP contribution >= 0.6 is 0 Å². The molecule has 0 saturated carbocycles. The molecule has 0 bridgehead atoms. The monoisotopic (exact) mass is 287 g/mol. The maximum absolute atomic E-state index is 12.3. The second-order valence-corrected chi connectivity index (χ2v) is 5.08. The minimum atomic E-state index is -1.50. The van der Waals surface area contributed by atoms with Gasteiger partial charge >= 0.3 is 5.97 Å². The van der Waals surface area contributed by atoms with Gasteiger partial charge in [-0.05, 0) is 32.4 Å². The van der Waals surface area contributed by atoms with Gasteiger partial charge in [-0.25, -0.2) is 4.79 Å². The van der Waals surface area contributed by atoms with E-state index in [1.54, 1.807) is 50.2 Å². The second kappa shape index (κ2) is 5.44. The Hall–Kier alpha value is -2.56. The summed E-state index contributed by atoms with van der Waals surface area (Å²) >= 11 is 0. The summed E-state index contributed by atoms with van der Waals surface area (Å²) in [6, 6.07) is 10.2. The van der Waals surface area contributed by atoms with Gasteiger partial charge in [0.05, 0.1) is 5.56 Å². The van der Waals surface area contributed by atoms with Gasteiger partial charge in [0.15, 0.2) is 5.54 Å². The molecule has 2 rings (SSSR count). The largest absolute Gasteiger partial charge is 0.479 e. The first-order valence-electron chi connectivity index (χ1n) is 6.53. The third-order valence-electron chi connectivity index (χ3n) is 3.43. The molecular formula is C16H17NO4. The summed E-state index contributed by atoms with van der Waals surface area (Å²) in [4.78, 5) is 24.0. The molecule has 1 amide bonds. The number of aryl methyl sites for hydroxylation is 2. The van der Waals surface area contributed by atoms with Crippen LogP contribution in [0.5, 0.6) is 0 Å². The topological polar surface area (TPSA) is 79.5 Å². The second-order valence-electron chi connectivity index (χ2n) is 5.08. The summed E-state index contributed by atoms with van der Waals surface area (Å²) in [6.45, 7) is 4.87. The number of carboxylic acids is 1. The Bertz CT molecular complexity index is 675. The van der Waals surface area contributed by atoms with E-state index in [1.165, 1.54) is 6.92 Å². The lowest BCUT2D eigenvalue weighted by Gasteiger charge is -2.26. The van der Waals surface area contributed by atoms with E-state index < -0.39 is 17.4 Å². The lowest BCUT2D eigenvalue weighted by atomic mass is 9.91. The van der Waals surface area contributed by atoms with Crippen LogP contribution < -0.4 is 5.32 Å². The van der Waals surface area contributed by atoms with E-state index in [9.17, 15) is 14.7 Å². The number of aliphatic carboxylic acids is 1. The Morgan fingerprint density at radius 1 is 1.19 bits per heavy atom. The van der Waals surface area contributed by atoms with E-state index >= 15 is 0 Å². The van der Waals surface area contributed by atoms with Crippen LogP contribution in [-0.4, -0.2) is 17.0 Å². The fourth-order valence-corrected chi connectivity index (χ4v) is 2.17. The number of benzene rings is 1. The molecule has 2 N–H and O–H groups in total. The van der Waals surface area contributed by atoms with Crippen LogP contribution in [-0.2, 0) is 10.3 Å². The van der Waals surface area contributed by atoms with E-state index in [2.05, 4.69) is 5.32 Å². The van der Waals surface area contributed by atoms with Crippen LogP contribution in [0.4, 0.5) is 0 Å². The molecule has 5 heteroatoms. The maximum Gasteiger partial charge on any atom is 0.333 e. The molecule has 0 fully saturated rings. The van der Waals surface area contributed by atoms with Crippen molar-refractivity contribution in [1.82, 2.24) is 5.32 Å². The number of carbonyl (C=O) groups excluding carboxylic acids is 1. The van der Waals surface area contributed by atoms with Crippen LogP contribution in [0, 0.1) is 13.8 Å². The molecule has 21 heavy (non-hydrogen) atoms. The summed E-state index contributed by atoms with van der Waals surface area (Å²) in [5.74, 6) is -0.529. The molecule has 0 aliphatic carbocycles. The van der Waals surface area contributed by atoms with E-state index in [0.717, 1.165) is 0 Å². The van der Waals surface area contributed by atoms with Gasteiger partial charge in [-0.1, -0.05) is 30.3 Å². The molecule has 2 aromatic rings. The van der Waals surface area contributed by atoms with Crippen molar-refractivity contribution in [3.05, 3.63) is 59.0 Å². The Labute approximate surface area is 122 Å². The van der Waals surface area contributed by atoms with Crippen LogP contribution in [0.3, 0.4) is 0 Å². The number of hydrogen-bond donors (Lipinski definition) is 2.